The molecule has 0 aliphatic heterocycles. The number of fused-ring (bicyclic) bond motifs is 1. The summed E-state index contributed by atoms with van der Waals surface area (Å²) in [4.78, 5) is 29.3. The maximum absolute atomic E-state index is 13.3. The molecule has 44 heavy (non-hydrogen) atoms. The number of aliphatic hydroxyl groups is 1. The monoisotopic (exact) mass is 650 g/mol. The fourth-order valence-corrected chi connectivity index (χ4v) is 5.89. The van der Waals surface area contributed by atoms with Crippen LogP contribution in [0, 0.1) is 5.92 Å². The van der Waals surface area contributed by atoms with Crippen LogP contribution in [0.25, 0.3) is 10.2 Å². The highest BCUT2D eigenvalue weighted by atomic mass is 32.2. The fraction of sp³-hybridized carbons (Fsp3) is 0.370. The Morgan fingerprint density at radius 2 is 1.86 bits per heavy atom. The van der Waals surface area contributed by atoms with E-state index in [-0.39, 0.29) is 23.3 Å². The summed E-state index contributed by atoms with van der Waals surface area (Å²) in [6.45, 7) is 2.21. The Bertz CT molecular complexity index is 1710. The molecule has 5 N–H and O–H groups in total. The lowest BCUT2D eigenvalue weighted by Crippen LogP contribution is -2.46. The second-order valence-electron chi connectivity index (χ2n) is 10.1. The second-order valence-corrected chi connectivity index (χ2v) is 12.9. The molecule has 0 fully saturated rings. The number of nitrogens with one attached hydrogen (secondary N) is 1. The Balaban J connectivity index is 1.40. The number of alkyl halides is 1. The van der Waals surface area contributed by atoms with Crippen LogP contribution in [0.15, 0.2) is 53.0 Å². The molecule has 0 saturated heterocycles. The molecule has 0 spiro atoms. The first-order valence-electron chi connectivity index (χ1n) is 13.3. The molecule has 236 valence electrons. The number of carboxylic acids is 1. The maximum atomic E-state index is 13.3. The zero-order valence-electron chi connectivity index (χ0n) is 23.7. The SMILES string of the molecule is CC(C)C(C(=O)NC(Cc1ccc(OC(CO)CF)cc1)C(=O)O)n1cc(COc2ccc3nc(S(N)(=O)=O)sc3c2)nn1. The second kappa shape index (κ2) is 14.1. The summed E-state index contributed by atoms with van der Waals surface area (Å²) in [6.07, 6.45) is 0.503. The third kappa shape index (κ3) is 8.25. The van der Waals surface area contributed by atoms with Gasteiger partial charge in [0.1, 0.15) is 48.7 Å². The molecule has 4 aromatic rings. The third-order valence-corrected chi connectivity index (χ3v) is 8.71. The molecular weight excluding hydrogens is 619 g/mol. The van der Waals surface area contributed by atoms with Gasteiger partial charge in [0.2, 0.25) is 10.2 Å². The standard InChI is InChI=1S/C27H31FN6O8S2/c1-15(2)24(25(36)30-22(26(37)38)9-16-3-5-18(6-4-16)42-20(11-28)13-35)34-12-17(32-33-34)14-41-19-7-8-21-23(10-19)43-27(31-21)44(29,39)40/h3-8,10,12,15,20,22,24,35H,9,11,13-14H2,1-2H3,(H,30,36)(H,37,38)(H2,29,39,40). The predicted molar refractivity (Wildman–Crippen MR) is 156 cm³/mol. The fourth-order valence-electron chi connectivity index (χ4n) is 4.20. The Labute approximate surface area is 255 Å². The normalized spacial score (nSPS) is 13.9. The molecule has 3 atom stereocenters. The van der Waals surface area contributed by atoms with Crippen LogP contribution in [-0.2, 0) is 32.6 Å². The lowest BCUT2D eigenvalue weighted by Gasteiger charge is -2.23. The average molecular weight is 651 g/mol. The number of primary sulfonamides is 1. The van der Waals surface area contributed by atoms with Crippen molar-refractivity contribution >= 4 is 43.5 Å². The van der Waals surface area contributed by atoms with Gasteiger partial charge in [-0.05, 0) is 41.8 Å². The van der Waals surface area contributed by atoms with Crippen molar-refractivity contribution in [3.63, 3.8) is 0 Å². The van der Waals surface area contributed by atoms with E-state index in [0.717, 1.165) is 11.3 Å². The Hall–Kier alpha value is -4.19. The number of benzene rings is 2. The van der Waals surface area contributed by atoms with E-state index in [4.69, 9.17) is 19.7 Å². The van der Waals surface area contributed by atoms with E-state index in [0.29, 0.717) is 33.0 Å². The average Bonchev–Trinajstić information content (AvgIpc) is 3.62. The van der Waals surface area contributed by atoms with Gasteiger partial charge in [-0.1, -0.05) is 31.2 Å². The molecule has 4 rings (SSSR count). The lowest BCUT2D eigenvalue weighted by molar-refractivity contribution is -0.142. The summed E-state index contributed by atoms with van der Waals surface area (Å²) >= 11 is 0.917. The number of carbonyl (C=O) groups is 2. The number of sulfonamides is 1. The van der Waals surface area contributed by atoms with Crippen molar-refractivity contribution in [1.82, 2.24) is 25.3 Å². The minimum absolute atomic E-state index is 0.0133. The summed E-state index contributed by atoms with van der Waals surface area (Å²) in [5.74, 6) is -1.35. The van der Waals surface area contributed by atoms with Gasteiger partial charge in [-0.3, -0.25) is 4.79 Å². The van der Waals surface area contributed by atoms with E-state index in [1.54, 1.807) is 44.2 Å². The number of aliphatic hydroxyl groups excluding tert-OH is 1. The molecule has 0 saturated carbocycles. The molecule has 3 unspecified atom stereocenters. The number of hydrogen-bond donors (Lipinski definition) is 4. The topological polar surface area (TPSA) is 209 Å². The molecule has 0 aliphatic carbocycles. The molecule has 0 bridgehead atoms. The first kappa shape index (κ1) is 32.7. The van der Waals surface area contributed by atoms with Crippen LogP contribution in [-0.4, -0.2) is 75.9 Å². The van der Waals surface area contributed by atoms with Crippen molar-refractivity contribution in [2.75, 3.05) is 13.3 Å². The number of rotatable bonds is 15. The molecule has 2 aromatic carbocycles. The molecule has 0 aliphatic rings. The van der Waals surface area contributed by atoms with Crippen LogP contribution in [0.4, 0.5) is 4.39 Å². The maximum Gasteiger partial charge on any atom is 0.326 e. The smallest absolute Gasteiger partial charge is 0.326 e. The van der Waals surface area contributed by atoms with Gasteiger partial charge in [0.05, 0.1) is 23.0 Å². The number of aromatic nitrogens is 4. The number of thiazole rings is 1. The van der Waals surface area contributed by atoms with Crippen molar-refractivity contribution in [1.29, 1.82) is 0 Å². The zero-order chi connectivity index (χ0) is 32.0. The van der Waals surface area contributed by atoms with Gasteiger partial charge in [-0.2, -0.15) is 0 Å². The van der Waals surface area contributed by atoms with Gasteiger partial charge in [-0.25, -0.2) is 32.4 Å². The van der Waals surface area contributed by atoms with Gasteiger partial charge >= 0.3 is 5.97 Å². The van der Waals surface area contributed by atoms with Crippen LogP contribution in [0.1, 0.15) is 31.1 Å². The molecule has 2 heterocycles. The molecule has 0 radical (unpaired) electrons. The molecule has 14 nitrogen and oxygen atoms in total. The van der Waals surface area contributed by atoms with Crippen molar-refractivity contribution in [3.8, 4) is 11.5 Å². The van der Waals surface area contributed by atoms with E-state index in [2.05, 4.69) is 20.6 Å². The largest absolute Gasteiger partial charge is 0.487 e. The first-order chi connectivity index (χ1) is 20.9. The number of amides is 1. The predicted octanol–water partition coefficient (Wildman–Crippen LogP) is 1.83. The highest BCUT2D eigenvalue weighted by Crippen LogP contribution is 2.28. The summed E-state index contributed by atoms with van der Waals surface area (Å²) in [5.41, 5.74) is 1.44. The number of carboxylic acid groups (broad SMARTS) is 1. The highest BCUT2D eigenvalue weighted by molar-refractivity contribution is 7.91. The van der Waals surface area contributed by atoms with E-state index in [9.17, 15) is 27.5 Å². The van der Waals surface area contributed by atoms with Gasteiger partial charge in [0, 0.05) is 6.42 Å². The Kier molecular flexibility index (Phi) is 10.5. The van der Waals surface area contributed by atoms with E-state index in [1.165, 1.54) is 23.0 Å². The summed E-state index contributed by atoms with van der Waals surface area (Å²) in [7, 11) is -3.93. The molecular formula is C27H31FN6O8S2. The van der Waals surface area contributed by atoms with Crippen LogP contribution in [0.2, 0.25) is 0 Å². The molecule has 2 aromatic heterocycles. The van der Waals surface area contributed by atoms with Gasteiger partial charge in [0.15, 0.2) is 0 Å². The lowest BCUT2D eigenvalue weighted by atomic mass is 10.0. The number of nitrogens with zero attached hydrogens (tertiary/aromatic N) is 4. The first-order valence-corrected chi connectivity index (χ1v) is 15.7. The van der Waals surface area contributed by atoms with Gasteiger partial charge in [0.25, 0.3) is 10.0 Å². The number of nitrogens with two attached hydrogens (primary N) is 1. The van der Waals surface area contributed by atoms with Crippen molar-refractivity contribution in [3.05, 3.63) is 59.9 Å². The highest BCUT2D eigenvalue weighted by Gasteiger charge is 2.30. The Morgan fingerprint density at radius 1 is 1.16 bits per heavy atom. The third-order valence-electron chi connectivity index (χ3n) is 6.37. The van der Waals surface area contributed by atoms with Gasteiger partial charge in [-0.15, -0.1) is 16.4 Å². The van der Waals surface area contributed by atoms with Gasteiger partial charge < -0.3 is 25.0 Å². The number of halogens is 1. The summed E-state index contributed by atoms with van der Waals surface area (Å²) in [6, 6.07) is 8.96. The minimum Gasteiger partial charge on any atom is -0.487 e. The van der Waals surface area contributed by atoms with E-state index in [1.807, 2.05) is 0 Å². The van der Waals surface area contributed by atoms with E-state index >= 15 is 0 Å². The van der Waals surface area contributed by atoms with Crippen LogP contribution < -0.4 is 19.9 Å². The van der Waals surface area contributed by atoms with Crippen LogP contribution >= 0.6 is 11.3 Å². The Morgan fingerprint density at radius 3 is 2.48 bits per heavy atom. The minimum atomic E-state index is -3.93. The molecule has 17 heteroatoms. The van der Waals surface area contributed by atoms with Crippen LogP contribution in [0.5, 0.6) is 11.5 Å². The number of ether oxygens (including phenoxy) is 2. The van der Waals surface area contributed by atoms with E-state index < -0.39 is 53.4 Å². The van der Waals surface area contributed by atoms with Crippen molar-refractivity contribution < 1.29 is 42.1 Å². The summed E-state index contributed by atoms with van der Waals surface area (Å²) in [5, 5.41) is 34.8. The zero-order valence-corrected chi connectivity index (χ0v) is 25.3. The number of carbonyl (C=O) groups excluding carboxylic acids is 1. The number of hydrogen-bond acceptors (Lipinski definition) is 11. The van der Waals surface area contributed by atoms with Crippen molar-refractivity contribution in [2.24, 2.45) is 11.1 Å². The van der Waals surface area contributed by atoms with Crippen molar-refractivity contribution in [2.45, 2.75) is 49.4 Å². The molecule has 1 amide bonds. The quantitative estimate of drug-likeness (QED) is 0.146. The van der Waals surface area contributed by atoms with Crippen LogP contribution in [0.3, 0.4) is 0 Å². The summed E-state index contributed by atoms with van der Waals surface area (Å²) < 4.78 is 48.8. The number of aliphatic carboxylic acids is 1.